The van der Waals surface area contributed by atoms with Gasteiger partial charge in [0.25, 0.3) is 0 Å². The summed E-state index contributed by atoms with van der Waals surface area (Å²) < 4.78 is 2.66. The number of rotatable bonds is 5. The minimum Gasteiger partial charge on any atom is -0.340 e. The molecular weight excluding hydrogens is 440 g/mol. The number of nitrogens with zero attached hydrogens (tertiary/aromatic N) is 2. The Bertz CT molecular complexity index is 1290. The number of aromatic nitrogens is 2. The predicted molar refractivity (Wildman–Crippen MR) is 123 cm³/mol. The van der Waals surface area contributed by atoms with Crippen LogP contribution in [0.15, 0.2) is 82.3 Å². The van der Waals surface area contributed by atoms with Crippen LogP contribution >= 0.6 is 15.9 Å². The lowest BCUT2D eigenvalue weighted by atomic mass is 9.98. The summed E-state index contributed by atoms with van der Waals surface area (Å²) in [5.41, 5.74) is 3.19. The zero-order chi connectivity index (χ0) is 21.3. The summed E-state index contributed by atoms with van der Waals surface area (Å²) in [4.78, 5) is 30.8. The van der Waals surface area contributed by atoms with E-state index >= 15 is 0 Å². The number of hydrogen-bond donors (Lipinski definition) is 0. The quantitative estimate of drug-likeness (QED) is 0.289. The first-order valence-electron chi connectivity index (χ1n) is 9.82. The Morgan fingerprint density at radius 3 is 2.43 bits per heavy atom. The van der Waals surface area contributed by atoms with Gasteiger partial charge in [0.05, 0.1) is 23.3 Å². The van der Waals surface area contributed by atoms with Gasteiger partial charge < -0.3 is 4.57 Å². The summed E-state index contributed by atoms with van der Waals surface area (Å²) in [5.74, 6) is 0.113. The number of para-hydroxylation sites is 1. The van der Waals surface area contributed by atoms with E-state index in [9.17, 15) is 9.59 Å². The molecule has 5 heteroatoms. The van der Waals surface area contributed by atoms with Crippen LogP contribution in [0.5, 0.6) is 0 Å². The first kappa shape index (κ1) is 20.2. The molecule has 4 nitrogen and oxygen atoms in total. The highest BCUT2D eigenvalue weighted by molar-refractivity contribution is 9.10. The third-order valence-electron chi connectivity index (χ3n) is 5.18. The van der Waals surface area contributed by atoms with E-state index in [0.717, 1.165) is 21.4 Å². The largest absolute Gasteiger partial charge is 0.340 e. The molecule has 0 amide bonds. The molecule has 0 aliphatic heterocycles. The van der Waals surface area contributed by atoms with Gasteiger partial charge in [-0.25, -0.2) is 4.98 Å². The first-order chi connectivity index (χ1) is 14.4. The van der Waals surface area contributed by atoms with Crippen molar-refractivity contribution in [1.82, 2.24) is 9.55 Å². The Morgan fingerprint density at radius 2 is 1.73 bits per heavy atom. The smallest absolute Gasteiger partial charge is 0.200 e. The molecule has 0 N–H and O–H groups in total. The van der Waals surface area contributed by atoms with Crippen molar-refractivity contribution in [3.8, 4) is 0 Å². The van der Waals surface area contributed by atoms with Gasteiger partial charge in [-0.2, -0.15) is 0 Å². The van der Waals surface area contributed by atoms with Gasteiger partial charge in [-0.1, -0.05) is 56.3 Å². The number of ketones is 1. The number of carbonyl (C=O) groups excluding carboxylic acids is 1. The second kappa shape index (κ2) is 8.36. The molecule has 150 valence electrons. The van der Waals surface area contributed by atoms with Gasteiger partial charge >= 0.3 is 0 Å². The first-order valence-corrected chi connectivity index (χ1v) is 10.6. The third-order valence-corrected chi connectivity index (χ3v) is 5.62. The molecule has 2 heterocycles. The van der Waals surface area contributed by atoms with Crippen molar-refractivity contribution in [2.24, 2.45) is 0 Å². The van der Waals surface area contributed by atoms with Gasteiger partial charge in [0.1, 0.15) is 4.60 Å². The summed E-state index contributed by atoms with van der Waals surface area (Å²) in [6.07, 6.45) is 1.66. The maximum Gasteiger partial charge on any atom is 0.200 e. The molecule has 0 fully saturated rings. The van der Waals surface area contributed by atoms with E-state index in [4.69, 9.17) is 0 Å². The van der Waals surface area contributed by atoms with E-state index in [1.807, 2.05) is 53.1 Å². The van der Waals surface area contributed by atoms with Crippen LogP contribution in [0, 0.1) is 0 Å². The second-order valence-corrected chi connectivity index (χ2v) is 8.39. The number of pyridine rings is 2. The lowest BCUT2D eigenvalue weighted by molar-refractivity contribution is 0.103. The van der Waals surface area contributed by atoms with Crippen molar-refractivity contribution < 1.29 is 4.79 Å². The van der Waals surface area contributed by atoms with E-state index in [-0.39, 0.29) is 16.8 Å². The summed E-state index contributed by atoms with van der Waals surface area (Å²) in [5, 5.41) is 0.525. The number of halogens is 1. The standard InChI is InChI=1S/C25H21BrN2O2/c1-16(2)17-10-12-18(13-11-17)24(29)21-15-28(14-19-6-5-9-23(26)27-19)22-8-4-3-7-20(22)25(21)30/h3-13,15-16H,14H2,1-2H3. The fourth-order valence-corrected chi connectivity index (χ4v) is 3.91. The topological polar surface area (TPSA) is 52.0 Å². The van der Waals surface area contributed by atoms with Gasteiger partial charge in [0.15, 0.2) is 5.78 Å². The second-order valence-electron chi connectivity index (χ2n) is 7.57. The Labute approximate surface area is 183 Å². The molecule has 0 atom stereocenters. The van der Waals surface area contributed by atoms with Crippen LogP contribution in [0.1, 0.15) is 46.9 Å². The van der Waals surface area contributed by atoms with Crippen molar-refractivity contribution in [2.75, 3.05) is 0 Å². The normalized spacial score (nSPS) is 11.2. The number of carbonyl (C=O) groups is 1. The van der Waals surface area contributed by atoms with Gasteiger partial charge in [-0.05, 0) is 51.7 Å². The number of hydrogen-bond acceptors (Lipinski definition) is 3. The van der Waals surface area contributed by atoms with Gasteiger partial charge in [0.2, 0.25) is 5.43 Å². The van der Waals surface area contributed by atoms with Crippen molar-refractivity contribution in [3.05, 3.63) is 110 Å². The van der Waals surface area contributed by atoms with Gasteiger partial charge in [-0.15, -0.1) is 0 Å². The summed E-state index contributed by atoms with van der Waals surface area (Å²) in [6, 6.07) is 20.5. The summed E-state index contributed by atoms with van der Waals surface area (Å²) in [7, 11) is 0. The van der Waals surface area contributed by atoms with E-state index in [2.05, 4.69) is 34.8 Å². The van der Waals surface area contributed by atoms with E-state index in [1.165, 1.54) is 0 Å². The molecule has 4 rings (SSSR count). The average Bonchev–Trinajstić information content (AvgIpc) is 2.75. The fourth-order valence-electron chi connectivity index (χ4n) is 3.53. The molecule has 4 aromatic rings. The van der Waals surface area contributed by atoms with Crippen molar-refractivity contribution >= 4 is 32.6 Å². The molecule has 0 spiro atoms. The van der Waals surface area contributed by atoms with Gasteiger partial charge in [-0.3, -0.25) is 9.59 Å². The molecule has 2 aromatic carbocycles. The highest BCUT2D eigenvalue weighted by Gasteiger charge is 2.17. The summed E-state index contributed by atoms with van der Waals surface area (Å²) >= 11 is 3.40. The van der Waals surface area contributed by atoms with Crippen LogP contribution in [0.4, 0.5) is 0 Å². The lowest BCUT2D eigenvalue weighted by Gasteiger charge is -2.13. The van der Waals surface area contributed by atoms with Crippen LogP contribution in [0.2, 0.25) is 0 Å². The minimum atomic E-state index is -0.267. The highest BCUT2D eigenvalue weighted by atomic mass is 79.9. The molecule has 0 saturated carbocycles. The molecule has 0 aliphatic carbocycles. The van der Waals surface area contributed by atoms with Crippen LogP contribution in [-0.4, -0.2) is 15.3 Å². The Kier molecular flexibility index (Phi) is 5.64. The molecular formula is C25H21BrN2O2. The highest BCUT2D eigenvalue weighted by Crippen LogP contribution is 2.19. The minimum absolute atomic E-state index is 0.168. The zero-order valence-corrected chi connectivity index (χ0v) is 18.4. The maximum atomic E-state index is 13.2. The Hall–Kier alpha value is -3.05. The van der Waals surface area contributed by atoms with E-state index in [1.54, 1.807) is 24.4 Å². The number of benzene rings is 2. The van der Waals surface area contributed by atoms with E-state index < -0.39 is 0 Å². The summed E-state index contributed by atoms with van der Waals surface area (Å²) in [6.45, 7) is 4.66. The average molecular weight is 461 g/mol. The Balaban J connectivity index is 1.82. The lowest BCUT2D eigenvalue weighted by Crippen LogP contribution is -2.20. The molecule has 0 radical (unpaired) electrons. The van der Waals surface area contributed by atoms with Gasteiger partial charge in [0, 0.05) is 17.1 Å². The Morgan fingerprint density at radius 1 is 1.00 bits per heavy atom. The van der Waals surface area contributed by atoms with Crippen molar-refractivity contribution in [3.63, 3.8) is 0 Å². The van der Waals surface area contributed by atoms with Crippen LogP contribution in [-0.2, 0) is 6.54 Å². The maximum absolute atomic E-state index is 13.2. The third kappa shape index (κ3) is 3.98. The van der Waals surface area contributed by atoms with Crippen LogP contribution in [0.25, 0.3) is 10.9 Å². The molecule has 0 aliphatic rings. The fraction of sp³-hybridized carbons (Fsp3) is 0.160. The molecule has 0 saturated heterocycles. The SMILES string of the molecule is CC(C)c1ccc(C(=O)c2cn(Cc3cccc(Br)n3)c3ccccc3c2=O)cc1. The molecule has 0 bridgehead atoms. The molecule has 2 aromatic heterocycles. The number of fused-ring (bicyclic) bond motifs is 1. The van der Waals surface area contributed by atoms with Crippen molar-refractivity contribution in [2.45, 2.75) is 26.3 Å². The predicted octanol–water partition coefficient (Wildman–Crippen LogP) is 5.56. The molecule has 30 heavy (non-hydrogen) atoms. The molecule has 0 unspecified atom stereocenters. The van der Waals surface area contributed by atoms with Crippen molar-refractivity contribution in [1.29, 1.82) is 0 Å². The van der Waals surface area contributed by atoms with E-state index in [0.29, 0.717) is 23.4 Å². The van der Waals surface area contributed by atoms with Crippen LogP contribution < -0.4 is 5.43 Å². The van der Waals surface area contributed by atoms with Crippen LogP contribution in [0.3, 0.4) is 0 Å². The zero-order valence-electron chi connectivity index (χ0n) is 16.8. The monoisotopic (exact) mass is 460 g/mol.